The van der Waals surface area contributed by atoms with Gasteiger partial charge in [0.25, 0.3) is 17.5 Å². The first-order chi connectivity index (χ1) is 15.8. The van der Waals surface area contributed by atoms with Crippen molar-refractivity contribution in [3.05, 3.63) is 99.6 Å². The van der Waals surface area contributed by atoms with Gasteiger partial charge >= 0.3 is 0 Å². The van der Waals surface area contributed by atoms with Crippen molar-refractivity contribution in [3.63, 3.8) is 0 Å². The third-order valence-electron chi connectivity index (χ3n) is 4.66. The second kappa shape index (κ2) is 8.85. The predicted molar refractivity (Wildman–Crippen MR) is 120 cm³/mol. The highest BCUT2D eigenvalue weighted by Gasteiger charge is 2.32. The minimum absolute atomic E-state index is 0.00507. The number of nitrogens with zero attached hydrogens (tertiary/aromatic N) is 2. The lowest BCUT2D eigenvalue weighted by Crippen LogP contribution is -2.14. The number of amides is 1. The monoisotopic (exact) mass is 483 g/mol. The van der Waals surface area contributed by atoms with Crippen molar-refractivity contribution in [1.29, 1.82) is 0 Å². The van der Waals surface area contributed by atoms with Crippen molar-refractivity contribution in [3.8, 4) is 11.3 Å². The molecule has 1 heterocycles. The number of hydrogen-bond acceptors (Lipinski definition) is 7. The fraction of sp³-hybridized carbons (Fsp3) is 0. The Kier molecular flexibility index (Phi) is 5.95. The molecule has 4 rings (SSSR count). The van der Waals surface area contributed by atoms with E-state index >= 15 is 0 Å². The minimum atomic E-state index is -4.15. The summed E-state index contributed by atoms with van der Waals surface area (Å²) in [5.74, 6) is -1.11. The topological polar surface area (TPSA) is 132 Å². The summed E-state index contributed by atoms with van der Waals surface area (Å²) in [4.78, 5) is 22.6. The number of halogens is 1. The van der Waals surface area contributed by atoms with Crippen LogP contribution in [0.4, 0.5) is 11.6 Å². The average Bonchev–Trinajstić information content (AvgIpc) is 3.24. The zero-order chi connectivity index (χ0) is 23.6. The molecule has 0 aliphatic heterocycles. The van der Waals surface area contributed by atoms with Crippen LogP contribution >= 0.6 is 11.6 Å². The lowest BCUT2D eigenvalue weighted by atomic mass is 10.1. The molecule has 0 spiro atoms. The Balaban J connectivity index is 1.79. The van der Waals surface area contributed by atoms with Crippen LogP contribution in [0.1, 0.15) is 10.4 Å². The van der Waals surface area contributed by atoms with Crippen molar-refractivity contribution in [2.75, 3.05) is 5.32 Å². The van der Waals surface area contributed by atoms with Crippen LogP contribution < -0.4 is 5.32 Å². The largest absolute Gasteiger partial charge is 0.336 e. The van der Waals surface area contributed by atoms with Gasteiger partial charge in [-0.2, -0.15) is 0 Å². The van der Waals surface area contributed by atoms with Gasteiger partial charge in [0.15, 0.2) is 4.90 Å². The van der Waals surface area contributed by atoms with E-state index in [2.05, 4.69) is 10.5 Å². The molecule has 11 heteroatoms. The molecule has 0 fully saturated rings. The summed E-state index contributed by atoms with van der Waals surface area (Å²) in [5.41, 5.74) is 0.277. The maximum absolute atomic E-state index is 13.5. The van der Waals surface area contributed by atoms with Crippen molar-refractivity contribution >= 4 is 38.9 Å². The molecule has 0 saturated heterocycles. The van der Waals surface area contributed by atoms with E-state index in [-0.39, 0.29) is 32.6 Å². The molecular weight excluding hydrogens is 470 g/mol. The number of nitro groups is 1. The number of hydrogen-bond donors (Lipinski definition) is 1. The first-order valence-corrected chi connectivity index (χ1v) is 11.2. The smallest absolute Gasteiger partial charge is 0.269 e. The fourth-order valence-corrected chi connectivity index (χ4v) is 4.65. The third kappa shape index (κ3) is 4.47. The van der Waals surface area contributed by atoms with Crippen molar-refractivity contribution in [1.82, 2.24) is 5.16 Å². The van der Waals surface area contributed by atoms with Crippen LogP contribution in [-0.4, -0.2) is 24.4 Å². The van der Waals surface area contributed by atoms with Crippen LogP contribution in [-0.2, 0) is 9.84 Å². The van der Waals surface area contributed by atoms with Crippen LogP contribution in [0.5, 0.6) is 0 Å². The number of rotatable bonds is 6. The number of benzene rings is 3. The highest BCUT2D eigenvalue weighted by atomic mass is 35.5. The van der Waals surface area contributed by atoms with E-state index in [0.717, 1.165) is 12.1 Å². The molecule has 0 saturated carbocycles. The Morgan fingerprint density at radius 3 is 2.21 bits per heavy atom. The van der Waals surface area contributed by atoms with Gasteiger partial charge in [0.05, 0.1) is 9.82 Å². The van der Waals surface area contributed by atoms with Crippen LogP contribution in [0.25, 0.3) is 11.3 Å². The van der Waals surface area contributed by atoms with E-state index in [4.69, 9.17) is 16.1 Å². The van der Waals surface area contributed by atoms with Crippen molar-refractivity contribution in [2.45, 2.75) is 9.79 Å². The van der Waals surface area contributed by atoms with E-state index < -0.39 is 20.7 Å². The SMILES string of the molecule is O=C(Nc1onc(-c2ccc(Cl)cc2)c1S(=O)(=O)c1ccccc1)c1ccc([N+](=O)[O-])cc1. The molecule has 33 heavy (non-hydrogen) atoms. The van der Waals surface area contributed by atoms with Crippen molar-refractivity contribution < 1.29 is 22.7 Å². The lowest BCUT2D eigenvalue weighted by molar-refractivity contribution is -0.384. The van der Waals surface area contributed by atoms with Crippen LogP contribution in [0, 0.1) is 10.1 Å². The van der Waals surface area contributed by atoms with Gasteiger partial charge < -0.3 is 4.52 Å². The molecule has 1 amide bonds. The summed E-state index contributed by atoms with van der Waals surface area (Å²) in [6.45, 7) is 0. The first kappa shape index (κ1) is 22.2. The van der Waals surface area contributed by atoms with E-state index in [1.807, 2.05) is 0 Å². The number of nitro benzene ring substituents is 1. The average molecular weight is 484 g/mol. The second-order valence-corrected chi connectivity index (χ2v) is 9.09. The predicted octanol–water partition coefficient (Wildman–Crippen LogP) is 4.99. The Labute approximate surface area is 192 Å². The Morgan fingerprint density at radius 1 is 0.970 bits per heavy atom. The number of carbonyl (C=O) groups is 1. The maximum atomic E-state index is 13.5. The summed E-state index contributed by atoms with van der Waals surface area (Å²) >= 11 is 5.94. The highest BCUT2D eigenvalue weighted by molar-refractivity contribution is 7.91. The molecular formula is C22H14ClN3O6S. The Bertz CT molecular complexity index is 1430. The van der Waals surface area contributed by atoms with E-state index in [9.17, 15) is 23.3 Å². The maximum Gasteiger partial charge on any atom is 0.269 e. The summed E-state index contributed by atoms with van der Waals surface area (Å²) < 4.78 is 32.2. The van der Waals surface area contributed by atoms with Crippen LogP contribution in [0.3, 0.4) is 0 Å². The molecule has 0 radical (unpaired) electrons. The molecule has 1 aromatic heterocycles. The Morgan fingerprint density at radius 2 is 1.61 bits per heavy atom. The van der Waals surface area contributed by atoms with E-state index in [1.54, 1.807) is 42.5 Å². The number of carbonyl (C=O) groups excluding carboxylic acids is 1. The van der Waals surface area contributed by atoms with Gasteiger partial charge in [-0.05, 0) is 36.4 Å². The number of nitrogens with one attached hydrogen (secondary N) is 1. The molecule has 166 valence electrons. The number of non-ortho nitro benzene ring substituents is 1. The van der Waals surface area contributed by atoms with Gasteiger partial charge in [0.1, 0.15) is 5.69 Å². The lowest BCUT2D eigenvalue weighted by Gasteiger charge is -2.08. The molecule has 0 aliphatic rings. The zero-order valence-electron chi connectivity index (χ0n) is 16.6. The quantitative estimate of drug-likeness (QED) is 0.301. The number of sulfone groups is 1. The van der Waals surface area contributed by atoms with Gasteiger partial charge in [-0.3, -0.25) is 20.2 Å². The molecule has 9 nitrogen and oxygen atoms in total. The molecule has 0 aliphatic carbocycles. The molecule has 4 aromatic rings. The van der Waals surface area contributed by atoms with E-state index in [0.29, 0.717) is 10.6 Å². The summed E-state index contributed by atoms with van der Waals surface area (Å²) in [7, 11) is -4.15. The fourth-order valence-electron chi connectivity index (χ4n) is 3.03. The second-order valence-electron chi connectivity index (χ2n) is 6.77. The van der Waals surface area contributed by atoms with Crippen LogP contribution in [0.15, 0.2) is 93.2 Å². The molecule has 0 unspecified atom stereocenters. The Hall–Kier alpha value is -4.02. The first-order valence-electron chi connectivity index (χ1n) is 9.39. The summed E-state index contributed by atoms with van der Waals surface area (Å²) in [6.07, 6.45) is 0. The highest BCUT2D eigenvalue weighted by Crippen LogP contribution is 2.37. The van der Waals surface area contributed by atoms with Gasteiger partial charge in [0.2, 0.25) is 9.84 Å². The van der Waals surface area contributed by atoms with Gasteiger partial charge in [-0.25, -0.2) is 8.42 Å². The summed E-state index contributed by atoms with van der Waals surface area (Å²) in [6, 6.07) is 18.7. The third-order valence-corrected chi connectivity index (χ3v) is 6.72. The van der Waals surface area contributed by atoms with E-state index in [1.165, 1.54) is 24.3 Å². The molecule has 3 aromatic carbocycles. The molecule has 1 N–H and O–H groups in total. The normalized spacial score (nSPS) is 11.2. The summed E-state index contributed by atoms with van der Waals surface area (Å²) in [5, 5.41) is 17.6. The molecule has 0 bridgehead atoms. The van der Waals surface area contributed by atoms with Gasteiger partial charge in [-0.1, -0.05) is 47.1 Å². The van der Waals surface area contributed by atoms with Crippen LogP contribution in [0.2, 0.25) is 5.02 Å². The van der Waals surface area contributed by atoms with Gasteiger partial charge in [-0.15, -0.1) is 0 Å². The number of anilines is 1. The zero-order valence-corrected chi connectivity index (χ0v) is 18.2. The minimum Gasteiger partial charge on any atom is -0.336 e. The van der Waals surface area contributed by atoms with Gasteiger partial charge in [0, 0.05) is 28.3 Å². The van der Waals surface area contributed by atoms with Crippen molar-refractivity contribution in [2.24, 2.45) is 0 Å². The number of aromatic nitrogens is 1. The standard InChI is InChI=1S/C22H14ClN3O6S/c23-16-10-6-14(7-11-16)19-20(33(30,31)18-4-2-1-3-5-18)22(32-25-19)24-21(27)15-8-12-17(13-9-15)26(28)29/h1-13H,(H,24,27). The molecule has 0 atom stereocenters.